The summed E-state index contributed by atoms with van der Waals surface area (Å²) in [5.41, 5.74) is 1.76. The van der Waals surface area contributed by atoms with Crippen LogP contribution in [0.15, 0.2) is 65.4 Å². The lowest BCUT2D eigenvalue weighted by molar-refractivity contribution is -0.137. The Morgan fingerprint density at radius 1 is 1.03 bits per heavy atom. The van der Waals surface area contributed by atoms with E-state index in [9.17, 15) is 13.2 Å². The van der Waals surface area contributed by atoms with Crippen molar-refractivity contribution in [3.63, 3.8) is 0 Å². The van der Waals surface area contributed by atoms with Gasteiger partial charge in [0.25, 0.3) is 5.89 Å². The Morgan fingerprint density at radius 2 is 1.87 bits per heavy atom. The first-order valence-electron chi connectivity index (χ1n) is 9.21. The van der Waals surface area contributed by atoms with Crippen molar-refractivity contribution in [2.45, 2.75) is 25.4 Å². The second kappa shape index (κ2) is 7.10. The molecule has 0 bridgehead atoms. The number of ether oxygens (including phenoxy) is 1. The topological polar surface area (TPSA) is 66.0 Å². The molecular weight excluding hydrogens is 397 g/mol. The van der Waals surface area contributed by atoms with E-state index in [1.54, 1.807) is 6.33 Å². The highest BCUT2D eigenvalue weighted by molar-refractivity contribution is 5.60. The van der Waals surface area contributed by atoms with E-state index in [-0.39, 0.29) is 23.4 Å². The second-order valence-corrected chi connectivity index (χ2v) is 6.90. The van der Waals surface area contributed by atoms with E-state index < -0.39 is 11.7 Å². The first-order chi connectivity index (χ1) is 14.5. The standard InChI is InChI=1S/C21H15F3N4O2/c22-21(23,24)15-8-4-7-14(9-15)19-26-20(30-27-19)18-16-11-29-17(10-28(16)12-25-18)13-5-2-1-3-6-13/h1-9,12,17H,10-11H2/t17-/m1/s1. The zero-order chi connectivity index (χ0) is 20.7. The number of hydrogen-bond acceptors (Lipinski definition) is 5. The number of rotatable bonds is 3. The molecule has 9 heteroatoms. The van der Waals surface area contributed by atoms with E-state index in [0.29, 0.717) is 18.8 Å². The van der Waals surface area contributed by atoms with Crippen LogP contribution in [-0.2, 0) is 24.1 Å². The molecule has 5 rings (SSSR count). The zero-order valence-corrected chi connectivity index (χ0v) is 15.5. The van der Waals surface area contributed by atoms with Gasteiger partial charge in [-0.05, 0) is 17.7 Å². The van der Waals surface area contributed by atoms with Gasteiger partial charge in [-0.2, -0.15) is 18.2 Å². The zero-order valence-electron chi connectivity index (χ0n) is 15.5. The quantitative estimate of drug-likeness (QED) is 0.479. The average Bonchev–Trinajstić information content (AvgIpc) is 3.40. The molecule has 0 unspecified atom stereocenters. The van der Waals surface area contributed by atoms with Crippen LogP contribution in [0.4, 0.5) is 13.2 Å². The van der Waals surface area contributed by atoms with E-state index >= 15 is 0 Å². The molecule has 4 aromatic rings. The van der Waals surface area contributed by atoms with Crippen LogP contribution in [0.3, 0.4) is 0 Å². The van der Waals surface area contributed by atoms with Gasteiger partial charge in [-0.1, -0.05) is 47.6 Å². The Bertz CT molecular complexity index is 1180. The molecule has 6 nitrogen and oxygen atoms in total. The first kappa shape index (κ1) is 18.6. The molecule has 0 N–H and O–H groups in total. The van der Waals surface area contributed by atoms with Crippen LogP contribution in [0.25, 0.3) is 23.0 Å². The van der Waals surface area contributed by atoms with Gasteiger partial charge in [-0.25, -0.2) is 4.98 Å². The maximum absolute atomic E-state index is 13.0. The Balaban J connectivity index is 1.42. The normalized spacial score (nSPS) is 16.4. The Hall–Kier alpha value is -3.46. The van der Waals surface area contributed by atoms with Gasteiger partial charge >= 0.3 is 6.18 Å². The van der Waals surface area contributed by atoms with Crippen LogP contribution in [0.2, 0.25) is 0 Å². The number of aromatic nitrogens is 4. The van der Waals surface area contributed by atoms with Gasteiger partial charge in [0.1, 0.15) is 6.10 Å². The van der Waals surface area contributed by atoms with Crippen molar-refractivity contribution in [3.05, 3.63) is 77.7 Å². The number of halogens is 3. The third-order valence-corrected chi connectivity index (χ3v) is 4.98. The van der Waals surface area contributed by atoms with Crippen molar-refractivity contribution in [1.82, 2.24) is 19.7 Å². The van der Waals surface area contributed by atoms with Crippen molar-refractivity contribution in [2.75, 3.05) is 0 Å². The summed E-state index contributed by atoms with van der Waals surface area (Å²) in [4.78, 5) is 8.62. The predicted molar refractivity (Wildman–Crippen MR) is 99.9 cm³/mol. The maximum Gasteiger partial charge on any atom is 0.416 e. The van der Waals surface area contributed by atoms with E-state index in [1.807, 2.05) is 34.9 Å². The van der Waals surface area contributed by atoms with Gasteiger partial charge in [0.05, 0.1) is 30.7 Å². The molecule has 152 valence electrons. The highest BCUT2D eigenvalue weighted by Gasteiger charge is 2.31. The van der Waals surface area contributed by atoms with Gasteiger partial charge in [0.2, 0.25) is 5.82 Å². The number of alkyl halides is 3. The van der Waals surface area contributed by atoms with Gasteiger partial charge in [0.15, 0.2) is 5.69 Å². The summed E-state index contributed by atoms with van der Waals surface area (Å²) in [6.45, 7) is 0.886. The minimum Gasteiger partial charge on any atom is -0.365 e. The van der Waals surface area contributed by atoms with Gasteiger partial charge in [-0.15, -0.1) is 0 Å². The fourth-order valence-electron chi connectivity index (χ4n) is 3.45. The van der Waals surface area contributed by atoms with E-state index in [0.717, 1.165) is 23.4 Å². The highest BCUT2D eigenvalue weighted by atomic mass is 19.4. The summed E-state index contributed by atoms with van der Waals surface area (Å²) in [7, 11) is 0. The molecule has 2 aromatic heterocycles. The second-order valence-electron chi connectivity index (χ2n) is 6.90. The largest absolute Gasteiger partial charge is 0.416 e. The summed E-state index contributed by atoms with van der Waals surface area (Å²) in [5, 5.41) is 3.83. The minimum absolute atomic E-state index is 0.0664. The number of fused-ring (bicyclic) bond motifs is 1. The van der Waals surface area contributed by atoms with Crippen LogP contribution in [0.1, 0.15) is 22.9 Å². The molecule has 3 heterocycles. The van der Waals surface area contributed by atoms with Gasteiger partial charge < -0.3 is 13.8 Å². The maximum atomic E-state index is 13.0. The summed E-state index contributed by atoms with van der Waals surface area (Å²) < 4.78 is 52.1. The Kier molecular flexibility index (Phi) is 4.39. The molecule has 1 atom stereocenters. The molecule has 0 fully saturated rings. The molecular formula is C21H15F3N4O2. The molecule has 0 amide bonds. The number of imidazole rings is 1. The molecule has 0 spiro atoms. The molecule has 0 aliphatic carbocycles. The fourth-order valence-corrected chi connectivity index (χ4v) is 3.45. The predicted octanol–water partition coefficient (Wildman–Crippen LogP) is 4.89. The van der Waals surface area contributed by atoms with Crippen LogP contribution >= 0.6 is 0 Å². The van der Waals surface area contributed by atoms with E-state index in [4.69, 9.17) is 9.26 Å². The summed E-state index contributed by atoms with van der Waals surface area (Å²) >= 11 is 0. The lowest BCUT2D eigenvalue weighted by atomic mass is 10.1. The summed E-state index contributed by atoms with van der Waals surface area (Å²) in [5.74, 6) is 0.203. The smallest absolute Gasteiger partial charge is 0.365 e. The van der Waals surface area contributed by atoms with Crippen LogP contribution < -0.4 is 0 Å². The first-order valence-corrected chi connectivity index (χ1v) is 9.21. The molecule has 0 saturated heterocycles. The van der Waals surface area contributed by atoms with Crippen LogP contribution in [0.5, 0.6) is 0 Å². The number of benzene rings is 2. The third kappa shape index (κ3) is 3.37. The van der Waals surface area contributed by atoms with Crippen molar-refractivity contribution < 1.29 is 22.4 Å². The molecule has 30 heavy (non-hydrogen) atoms. The molecule has 0 radical (unpaired) electrons. The summed E-state index contributed by atoms with van der Waals surface area (Å²) in [6, 6.07) is 14.7. The monoisotopic (exact) mass is 412 g/mol. The summed E-state index contributed by atoms with van der Waals surface area (Å²) in [6.07, 6.45) is -2.86. The van der Waals surface area contributed by atoms with E-state index in [1.165, 1.54) is 12.1 Å². The lowest BCUT2D eigenvalue weighted by Crippen LogP contribution is -2.20. The fraction of sp³-hybridized carbons (Fsp3) is 0.190. The molecule has 2 aromatic carbocycles. The SMILES string of the molecule is FC(F)(F)c1cccc(-c2noc(-c3ncn4c3CO[C@@H](c3ccccc3)C4)n2)c1. The average molecular weight is 412 g/mol. The molecule has 1 aliphatic rings. The molecule has 0 saturated carbocycles. The van der Waals surface area contributed by atoms with Crippen LogP contribution in [-0.4, -0.2) is 19.7 Å². The number of nitrogens with zero attached hydrogens (tertiary/aromatic N) is 4. The van der Waals surface area contributed by atoms with Crippen molar-refractivity contribution in [1.29, 1.82) is 0 Å². The number of hydrogen-bond donors (Lipinski definition) is 0. The Morgan fingerprint density at radius 3 is 2.67 bits per heavy atom. The van der Waals surface area contributed by atoms with Crippen molar-refractivity contribution in [3.8, 4) is 23.0 Å². The third-order valence-electron chi connectivity index (χ3n) is 4.98. The van der Waals surface area contributed by atoms with Gasteiger partial charge in [0, 0.05) is 5.56 Å². The lowest BCUT2D eigenvalue weighted by Gasteiger charge is -2.25. The van der Waals surface area contributed by atoms with Gasteiger partial charge in [-0.3, -0.25) is 0 Å². The minimum atomic E-state index is -4.45. The van der Waals surface area contributed by atoms with E-state index in [2.05, 4.69) is 15.1 Å². The van der Waals surface area contributed by atoms with Crippen molar-refractivity contribution in [2.24, 2.45) is 0 Å². The Labute approximate surface area is 168 Å². The molecule has 1 aliphatic heterocycles. The van der Waals surface area contributed by atoms with Crippen LogP contribution in [0, 0.1) is 0 Å². The highest BCUT2D eigenvalue weighted by Crippen LogP contribution is 2.34. The van der Waals surface area contributed by atoms with Crippen molar-refractivity contribution >= 4 is 0 Å².